The summed E-state index contributed by atoms with van der Waals surface area (Å²) in [6.45, 7) is 1.12. The van der Waals surface area contributed by atoms with Crippen LogP contribution in [0.3, 0.4) is 0 Å². The predicted octanol–water partition coefficient (Wildman–Crippen LogP) is 7.17. The summed E-state index contributed by atoms with van der Waals surface area (Å²) in [5.41, 5.74) is 12.5. The summed E-state index contributed by atoms with van der Waals surface area (Å²) >= 11 is 0. The standard InChI is InChI=1S/C30H34N4/c31-30(32)33-28-13-11-24(21-27(28)25-9-5-2-6-10-25)19-23-12-14-29-26(20-23)16-18-34(29)17-15-22-7-3-1-4-8-22/h2,5-6,9-14,16,18,20-22H,1,3-4,7-8,15,17,19H2,(H4,31,32,33). The van der Waals surface area contributed by atoms with Crippen molar-refractivity contribution in [3.8, 4) is 11.1 Å². The summed E-state index contributed by atoms with van der Waals surface area (Å²) in [6, 6.07) is 25.8. The van der Waals surface area contributed by atoms with Gasteiger partial charge in [-0.25, -0.2) is 0 Å². The Kier molecular flexibility index (Phi) is 6.66. The molecule has 0 spiro atoms. The van der Waals surface area contributed by atoms with E-state index in [0.29, 0.717) is 0 Å². The fraction of sp³-hybridized carbons (Fsp3) is 0.300. The third-order valence-electron chi connectivity index (χ3n) is 7.18. The van der Waals surface area contributed by atoms with E-state index in [2.05, 4.69) is 64.6 Å². The summed E-state index contributed by atoms with van der Waals surface area (Å²) < 4.78 is 2.43. The molecule has 0 saturated heterocycles. The first kappa shape index (κ1) is 22.3. The second kappa shape index (κ2) is 10.2. The highest BCUT2D eigenvalue weighted by Crippen LogP contribution is 2.31. The van der Waals surface area contributed by atoms with Crippen molar-refractivity contribution in [3.05, 3.63) is 90.1 Å². The number of anilines is 1. The highest BCUT2D eigenvalue weighted by atomic mass is 15.0. The first-order chi connectivity index (χ1) is 16.7. The van der Waals surface area contributed by atoms with E-state index in [1.165, 1.54) is 60.6 Å². The summed E-state index contributed by atoms with van der Waals surface area (Å²) in [4.78, 5) is 0. The van der Waals surface area contributed by atoms with E-state index < -0.39 is 0 Å². The van der Waals surface area contributed by atoms with Crippen molar-refractivity contribution >= 4 is 22.5 Å². The van der Waals surface area contributed by atoms with E-state index >= 15 is 0 Å². The smallest absolute Gasteiger partial charge is 0.190 e. The van der Waals surface area contributed by atoms with Crippen LogP contribution in [0.15, 0.2) is 79.0 Å². The van der Waals surface area contributed by atoms with Gasteiger partial charge in [0.1, 0.15) is 0 Å². The van der Waals surface area contributed by atoms with E-state index in [0.717, 1.165) is 35.7 Å². The largest absolute Gasteiger partial charge is 0.370 e. The van der Waals surface area contributed by atoms with Crippen LogP contribution in [0.25, 0.3) is 22.0 Å². The van der Waals surface area contributed by atoms with Gasteiger partial charge in [-0.3, -0.25) is 5.41 Å². The van der Waals surface area contributed by atoms with Crippen LogP contribution in [0.4, 0.5) is 5.69 Å². The topological polar surface area (TPSA) is 66.8 Å². The van der Waals surface area contributed by atoms with Gasteiger partial charge >= 0.3 is 0 Å². The number of aryl methyl sites for hydroxylation is 1. The summed E-state index contributed by atoms with van der Waals surface area (Å²) in [5.74, 6) is 0.855. The molecule has 1 aromatic heterocycles. The third-order valence-corrected chi connectivity index (χ3v) is 7.18. The lowest BCUT2D eigenvalue weighted by Crippen LogP contribution is -2.20. The molecule has 1 aliphatic carbocycles. The van der Waals surface area contributed by atoms with Crippen LogP contribution in [0, 0.1) is 11.3 Å². The number of nitrogens with zero attached hydrogens (tertiary/aromatic N) is 1. The van der Waals surface area contributed by atoms with Crippen molar-refractivity contribution in [1.29, 1.82) is 5.41 Å². The van der Waals surface area contributed by atoms with Crippen LogP contribution in [-0.4, -0.2) is 10.5 Å². The molecule has 0 aliphatic heterocycles. The van der Waals surface area contributed by atoms with Gasteiger partial charge in [-0.15, -0.1) is 0 Å². The van der Waals surface area contributed by atoms with Crippen molar-refractivity contribution in [1.82, 2.24) is 4.57 Å². The number of nitrogens with two attached hydrogens (primary N) is 1. The van der Waals surface area contributed by atoms with Crippen LogP contribution in [0.2, 0.25) is 0 Å². The lowest BCUT2D eigenvalue weighted by Gasteiger charge is -2.21. The Balaban J connectivity index is 1.35. The van der Waals surface area contributed by atoms with Crippen molar-refractivity contribution in [2.45, 2.75) is 51.5 Å². The first-order valence-electron chi connectivity index (χ1n) is 12.5. The number of aromatic nitrogens is 1. The highest BCUT2D eigenvalue weighted by Gasteiger charge is 2.14. The molecule has 0 radical (unpaired) electrons. The molecular formula is C30H34N4. The molecule has 4 N–H and O–H groups in total. The van der Waals surface area contributed by atoms with Gasteiger partial charge in [0.05, 0.1) is 0 Å². The number of fused-ring (bicyclic) bond motifs is 1. The van der Waals surface area contributed by atoms with Crippen LogP contribution in [-0.2, 0) is 13.0 Å². The zero-order chi connectivity index (χ0) is 23.3. The SMILES string of the molecule is N=C(N)Nc1ccc(Cc2ccc3c(ccn3CCC3CCCCC3)c2)cc1-c1ccccc1. The Bertz CT molecular complexity index is 1270. The number of guanidine groups is 1. The normalized spacial score (nSPS) is 14.4. The first-order valence-corrected chi connectivity index (χ1v) is 12.5. The maximum Gasteiger partial charge on any atom is 0.190 e. The monoisotopic (exact) mass is 450 g/mol. The second-order valence-electron chi connectivity index (χ2n) is 9.66. The molecule has 174 valence electrons. The quantitative estimate of drug-likeness (QED) is 0.206. The number of hydrogen-bond acceptors (Lipinski definition) is 1. The van der Waals surface area contributed by atoms with Gasteiger partial charge in [0.25, 0.3) is 0 Å². The maximum absolute atomic E-state index is 7.66. The molecule has 5 rings (SSSR count). The number of nitrogens with one attached hydrogen (secondary N) is 2. The molecule has 1 heterocycles. The highest BCUT2D eigenvalue weighted by molar-refractivity contribution is 5.95. The minimum absolute atomic E-state index is 0.0524. The number of hydrogen-bond donors (Lipinski definition) is 3. The molecule has 0 atom stereocenters. The Hall–Kier alpha value is -3.53. The van der Waals surface area contributed by atoms with E-state index in [1.54, 1.807) is 0 Å². The maximum atomic E-state index is 7.66. The van der Waals surface area contributed by atoms with Crippen LogP contribution < -0.4 is 11.1 Å². The van der Waals surface area contributed by atoms with Crippen LogP contribution in [0.5, 0.6) is 0 Å². The van der Waals surface area contributed by atoms with Gasteiger partial charge in [0.15, 0.2) is 5.96 Å². The Morgan fingerprint density at radius 3 is 2.47 bits per heavy atom. The fourth-order valence-electron chi connectivity index (χ4n) is 5.40. The summed E-state index contributed by atoms with van der Waals surface area (Å²) in [7, 11) is 0. The van der Waals surface area contributed by atoms with Crippen molar-refractivity contribution < 1.29 is 0 Å². The number of rotatable bonds is 7. The minimum Gasteiger partial charge on any atom is -0.370 e. The van der Waals surface area contributed by atoms with Gasteiger partial charge < -0.3 is 15.6 Å². The Labute approximate surface area is 202 Å². The second-order valence-corrected chi connectivity index (χ2v) is 9.66. The molecule has 0 unspecified atom stereocenters. The Morgan fingerprint density at radius 1 is 0.912 bits per heavy atom. The molecule has 3 aromatic carbocycles. The van der Waals surface area contributed by atoms with Crippen LogP contribution in [0.1, 0.15) is 49.7 Å². The molecule has 0 bridgehead atoms. The molecule has 1 aliphatic rings. The molecule has 0 amide bonds. The van der Waals surface area contributed by atoms with Crippen molar-refractivity contribution in [2.24, 2.45) is 11.7 Å². The van der Waals surface area contributed by atoms with Gasteiger partial charge in [-0.2, -0.15) is 0 Å². The molecule has 4 aromatic rings. The number of benzene rings is 3. The van der Waals surface area contributed by atoms with E-state index in [4.69, 9.17) is 11.1 Å². The van der Waals surface area contributed by atoms with Gasteiger partial charge in [-0.05, 0) is 71.2 Å². The molecular weight excluding hydrogens is 416 g/mol. The molecule has 1 saturated carbocycles. The Morgan fingerprint density at radius 2 is 1.68 bits per heavy atom. The average Bonchev–Trinajstić information content (AvgIpc) is 3.27. The lowest BCUT2D eigenvalue weighted by molar-refractivity contribution is 0.325. The van der Waals surface area contributed by atoms with E-state index in [9.17, 15) is 0 Å². The summed E-state index contributed by atoms with van der Waals surface area (Å²) in [6.07, 6.45) is 11.5. The van der Waals surface area contributed by atoms with Crippen molar-refractivity contribution in [2.75, 3.05) is 5.32 Å². The van der Waals surface area contributed by atoms with E-state index in [-0.39, 0.29) is 5.96 Å². The van der Waals surface area contributed by atoms with E-state index in [1.807, 2.05) is 24.3 Å². The van der Waals surface area contributed by atoms with Gasteiger partial charge in [-0.1, -0.05) is 74.6 Å². The molecule has 1 fully saturated rings. The molecule has 34 heavy (non-hydrogen) atoms. The van der Waals surface area contributed by atoms with Gasteiger partial charge in [0.2, 0.25) is 0 Å². The third kappa shape index (κ3) is 5.17. The summed E-state index contributed by atoms with van der Waals surface area (Å²) in [5, 5.41) is 12.0. The van der Waals surface area contributed by atoms with Crippen molar-refractivity contribution in [3.63, 3.8) is 0 Å². The minimum atomic E-state index is -0.0524. The zero-order valence-electron chi connectivity index (χ0n) is 19.8. The lowest BCUT2D eigenvalue weighted by atomic mass is 9.87. The predicted molar refractivity (Wildman–Crippen MR) is 143 cm³/mol. The molecule has 4 heteroatoms. The fourth-order valence-corrected chi connectivity index (χ4v) is 5.40. The average molecular weight is 451 g/mol. The van der Waals surface area contributed by atoms with Gasteiger partial charge in [0, 0.05) is 29.5 Å². The molecule has 4 nitrogen and oxygen atoms in total. The van der Waals surface area contributed by atoms with Crippen LogP contribution >= 0.6 is 0 Å². The zero-order valence-corrected chi connectivity index (χ0v) is 19.8.